The van der Waals surface area contributed by atoms with Crippen molar-refractivity contribution in [3.63, 3.8) is 0 Å². The van der Waals surface area contributed by atoms with Gasteiger partial charge >= 0.3 is 41.8 Å². The second kappa shape index (κ2) is 51.2. The van der Waals surface area contributed by atoms with E-state index < -0.39 is 48.3 Å². The average molecular weight is 1390 g/mol. The first-order valence-electron chi connectivity index (χ1n) is 39.4. The maximum atomic E-state index is 12.6. The summed E-state index contributed by atoms with van der Waals surface area (Å²) in [4.78, 5) is 83.5. The fraction of sp³-hybridized carbons (Fsp3) is 0.909. The number of aliphatic hydroxyl groups is 1. The maximum absolute atomic E-state index is 12.6. The molecule has 6 aliphatic heterocycles. The summed E-state index contributed by atoms with van der Waals surface area (Å²) in [6.45, 7) is 11.8. The molecule has 21 nitrogen and oxygen atoms in total. The summed E-state index contributed by atoms with van der Waals surface area (Å²) < 4.78 is 63.7. The molecule has 12 atom stereocenters. The minimum absolute atomic E-state index is 0.0744. The molecule has 0 aromatic carbocycles. The predicted molar refractivity (Wildman–Crippen MR) is 370 cm³/mol. The molecular weight excluding hydrogens is 1260 g/mol. The van der Waals surface area contributed by atoms with Crippen LogP contribution in [0.3, 0.4) is 0 Å². The van der Waals surface area contributed by atoms with Gasteiger partial charge in [-0.25, -0.2) is 4.79 Å². The largest absolute Gasteiger partial charge is 0.479 e. The van der Waals surface area contributed by atoms with Crippen LogP contribution >= 0.6 is 0 Å². The zero-order valence-electron chi connectivity index (χ0n) is 61.1. The van der Waals surface area contributed by atoms with Crippen LogP contribution in [0.4, 0.5) is 0 Å². The number of esters is 6. The number of hydrogen-bond acceptors (Lipinski definition) is 20. The number of rotatable bonds is 59. The summed E-state index contributed by atoms with van der Waals surface area (Å²) in [5.41, 5.74) is -2.54. The van der Waals surface area contributed by atoms with E-state index in [2.05, 4.69) is 27.7 Å². The maximum Gasteiger partial charge on any atom is 0.336 e. The van der Waals surface area contributed by atoms with Crippen molar-refractivity contribution < 1.29 is 101 Å². The molecule has 6 saturated heterocycles. The summed E-state index contributed by atoms with van der Waals surface area (Å²) in [6.07, 6.45) is 49.5. The van der Waals surface area contributed by atoms with Crippen LogP contribution in [0.25, 0.3) is 0 Å². The molecule has 7 fully saturated rings. The van der Waals surface area contributed by atoms with Gasteiger partial charge in [0.05, 0.1) is 139 Å². The molecular formula is C77H132O21. The molecule has 12 unspecified atom stereocenters. The highest BCUT2D eigenvalue weighted by molar-refractivity contribution is 5.91. The van der Waals surface area contributed by atoms with E-state index in [0.29, 0.717) is 101 Å². The van der Waals surface area contributed by atoms with Gasteiger partial charge < -0.3 is 67.1 Å². The van der Waals surface area contributed by atoms with Crippen molar-refractivity contribution in [3.8, 4) is 0 Å². The summed E-state index contributed by atoms with van der Waals surface area (Å²) >= 11 is 0. The SMILES string of the molecule is CCC1OC1CCCCOC(=O)C1CCCCC1C(=O)OCCCCC1OC1CC.CCCCCCCCCCCCCC1OC1CCCOC(=O)CC(=O)OCCCC1OC1CCCCCCCCCCCCC.O=C(CC(O)(CC(=O)OCCC1CO1)C(=O)O)OCCC1CO1. The standard InChI is InChI=1S/C39H72O6.C24H40O6.C14H20O9/c1-3-5-7-9-11-13-15-17-19-21-23-27-34-36(44-34)29-25-31-42-38(40)33-39(41)43-32-26-30-37-35(45-37)28-24-22-20-18-16-14-12-10-8-6-4-2;1-3-19-21(29-19)13-7-9-15-27-23(25)17-11-5-6-12-18(17)24(26)28-16-10-8-14-22-20(4-2)30-22;15-11(20-3-1-9-7-22-9)5-14(19,13(17)18)6-12(16)21-4-2-10-8-23-10/h34-37H,3-33H2,1-2H3;17-22H,3-16H2,1-2H3;9-10,19H,1-8H2,(H,17,18). The Morgan fingerprint density at radius 1 is 0.347 bits per heavy atom. The molecule has 1 aliphatic carbocycles. The van der Waals surface area contributed by atoms with E-state index in [1.807, 2.05) is 0 Å². The van der Waals surface area contributed by atoms with E-state index in [1.54, 1.807) is 0 Å². The van der Waals surface area contributed by atoms with Gasteiger partial charge in [0.2, 0.25) is 0 Å². The lowest BCUT2D eigenvalue weighted by Gasteiger charge is -2.28. The number of carboxylic acids is 1. The number of carbonyl (C=O) groups excluding carboxylic acids is 6. The van der Waals surface area contributed by atoms with E-state index in [0.717, 1.165) is 116 Å². The monoisotopic (exact) mass is 1390 g/mol. The molecule has 6 heterocycles. The molecule has 0 amide bonds. The molecule has 0 spiro atoms. The molecule has 566 valence electrons. The van der Waals surface area contributed by atoms with E-state index in [9.17, 15) is 38.7 Å². The second-order valence-corrected chi connectivity index (χ2v) is 28.7. The highest BCUT2D eigenvalue weighted by Gasteiger charge is 2.44. The first kappa shape index (κ1) is 84.7. The molecule has 2 N–H and O–H groups in total. The smallest absolute Gasteiger partial charge is 0.336 e. The van der Waals surface area contributed by atoms with E-state index in [1.165, 1.54) is 141 Å². The van der Waals surface area contributed by atoms with Gasteiger partial charge in [0, 0.05) is 12.8 Å². The third-order valence-electron chi connectivity index (χ3n) is 19.9. The van der Waals surface area contributed by atoms with Crippen molar-refractivity contribution in [2.24, 2.45) is 11.8 Å². The van der Waals surface area contributed by atoms with Gasteiger partial charge in [-0.1, -0.05) is 182 Å². The molecule has 21 heteroatoms. The molecule has 7 rings (SSSR count). The Hall–Kier alpha value is -3.99. The van der Waals surface area contributed by atoms with Gasteiger partial charge in [-0.3, -0.25) is 28.8 Å². The lowest BCUT2D eigenvalue weighted by molar-refractivity contribution is -0.173. The first-order chi connectivity index (χ1) is 47.7. The minimum atomic E-state index is -2.54. The third-order valence-corrected chi connectivity index (χ3v) is 19.9. The van der Waals surface area contributed by atoms with Crippen LogP contribution < -0.4 is 0 Å². The van der Waals surface area contributed by atoms with Crippen LogP contribution in [0.5, 0.6) is 0 Å². The molecule has 0 radical (unpaired) electrons. The topological polar surface area (TPSA) is 291 Å². The fourth-order valence-corrected chi connectivity index (χ4v) is 13.2. The Labute approximate surface area is 588 Å². The van der Waals surface area contributed by atoms with E-state index in [4.69, 9.17) is 61.9 Å². The molecule has 0 bridgehead atoms. The number of hydrogen-bond donors (Lipinski definition) is 2. The minimum Gasteiger partial charge on any atom is -0.479 e. The van der Waals surface area contributed by atoms with Crippen molar-refractivity contribution in [2.75, 3.05) is 52.9 Å². The Bertz CT molecular complexity index is 2050. The number of carbonyl (C=O) groups is 7. The fourth-order valence-electron chi connectivity index (χ4n) is 13.2. The summed E-state index contributed by atoms with van der Waals surface area (Å²) in [5, 5.41) is 19.1. The quantitative estimate of drug-likeness (QED) is 0.0188. The Morgan fingerprint density at radius 2 is 0.633 bits per heavy atom. The average Bonchev–Trinajstić information content (AvgIpc) is 1.63. The normalized spacial score (nSPS) is 25.0. The predicted octanol–water partition coefficient (Wildman–Crippen LogP) is 14.8. The van der Waals surface area contributed by atoms with Gasteiger partial charge in [0.15, 0.2) is 5.60 Å². The van der Waals surface area contributed by atoms with Crippen molar-refractivity contribution in [2.45, 2.75) is 383 Å². The van der Waals surface area contributed by atoms with Gasteiger partial charge in [-0.15, -0.1) is 0 Å². The van der Waals surface area contributed by atoms with Crippen LogP contribution in [0, 0.1) is 11.8 Å². The van der Waals surface area contributed by atoms with Gasteiger partial charge in [-0.2, -0.15) is 0 Å². The first-order valence-corrected chi connectivity index (χ1v) is 39.4. The number of carboxylic acid groups (broad SMARTS) is 1. The highest BCUT2D eigenvalue weighted by atomic mass is 16.6. The lowest BCUT2D eigenvalue weighted by atomic mass is 9.79. The Kier molecular flexibility index (Phi) is 44.2. The van der Waals surface area contributed by atoms with Gasteiger partial charge in [-0.05, 0) is 103 Å². The van der Waals surface area contributed by atoms with Crippen molar-refractivity contribution >= 4 is 41.8 Å². The molecule has 0 aromatic heterocycles. The highest BCUT2D eigenvalue weighted by Crippen LogP contribution is 2.36. The van der Waals surface area contributed by atoms with Crippen LogP contribution in [0.1, 0.15) is 317 Å². The van der Waals surface area contributed by atoms with Crippen LogP contribution in [0.15, 0.2) is 0 Å². The summed E-state index contributed by atoms with van der Waals surface area (Å²) in [5.74, 6) is -5.57. The Balaban J connectivity index is 0.000000282. The summed E-state index contributed by atoms with van der Waals surface area (Å²) in [6, 6.07) is 0. The van der Waals surface area contributed by atoms with Crippen LogP contribution in [-0.2, 0) is 90.4 Å². The lowest BCUT2D eigenvalue weighted by Crippen LogP contribution is -2.43. The molecule has 7 aliphatic rings. The molecule has 1 saturated carbocycles. The van der Waals surface area contributed by atoms with Crippen LogP contribution in [-0.4, -0.2) is 171 Å². The van der Waals surface area contributed by atoms with E-state index >= 15 is 0 Å². The zero-order valence-corrected chi connectivity index (χ0v) is 61.1. The zero-order chi connectivity index (χ0) is 70.4. The molecule has 98 heavy (non-hydrogen) atoms. The molecule has 0 aromatic rings. The van der Waals surface area contributed by atoms with E-state index in [-0.39, 0.29) is 55.6 Å². The number of aliphatic carboxylic acids is 1. The number of ether oxygens (including phenoxy) is 12. The van der Waals surface area contributed by atoms with Crippen LogP contribution in [0.2, 0.25) is 0 Å². The summed E-state index contributed by atoms with van der Waals surface area (Å²) in [7, 11) is 0. The number of unbranched alkanes of at least 4 members (excludes halogenated alkanes) is 22. The number of epoxide rings is 6. The van der Waals surface area contributed by atoms with Gasteiger partial charge in [0.1, 0.15) is 6.42 Å². The second-order valence-electron chi connectivity index (χ2n) is 28.7. The van der Waals surface area contributed by atoms with Crippen molar-refractivity contribution in [1.29, 1.82) is 0 Å². The van der Waals surface area contributed by atoms with Gasteiger partial charge in [0.25, 0.3) is 0 Å². The van der Waals surface area contributed by atoms with Crippen molar-refractivity contribution in [3.05, 3.63) is 0 Å². The third kappa shape index (κ3) is 40.6. The van der Waals surface area contributed by atoms with Crippen molar-refractivity contribution in [1.82, 2.24) is 0 Å². The Morgan fingerprint density at radius 3 is 0.949 bits per heavy atom.